The van der Waals surface area contributed by atoms with Gasteiger partial charge in [0.15, 0.2) is 5.58 Å². The molecule has 3 nitrogen and oxygen atoms in total. The van der Waals surface area contributed by atoms with Crippen LogP contribution in [-0.4, -0.2) is 4.98 Å². The Bertz CT molecular complexity index is 2910. The molecule has 1 heterocycles. The Labute approximate surface area is 314 Å². The molecule has 0 fully saturated rings. The maximum absolute atomic E-state index is 6.62. The highest BCUT2D eigenvalue weighted by molar-refractivity contribution is 6.02. The van der Waals surface area contributed by atoms with E-state index in [1.807, 2.05) is 36.4 Å². The molecule has 0 saturated carbocycles. The number of nitrogens with zero attached hydrogens (tertiary/aromatic N) is 2. The summed E-state index contributed by atoms with van der Waals surface area (Å²) in [5, 5.41) is 4.88. The topological polar surface area (TPSA) is 29.3 Å². The van der Waals surface area contributed by atoms with Crippen LogP contribution in [0.15, 0.2) is 211 Å². The van der Waals surface area contributed by atoms with Gasteiger partial charge in [-0.05, 0) is 93.0 Å². The van der Waals surface area contributed by atoms with E-state index in [4.69, 9.17) is 9.40 Å². The second kappa shape index (κ2) is 13.4. The van der Waals surface area contributed by atoms with Gasteiger partial charge in [0.2, 0.25) is 5.89 Å². The van der Waals surface area contributed by atoms with Crippen LogP contribution in [-0.2, 0) is 0 Å². The quantitative estimate of drug-likeness (QED) is 0.167. The molecule has 9 aromatic carbocycles. The molecule has 0 unspecified atom stereocenters. The summed E-state index contributed by atoms with van der Waals surface area (Å²) in [4.78, 5) is 7.42. The summed E-state index contributed by atoms with van der Waals surface area (Å²) in [7, 11) is 0. The first-order valence-electron chi connectivity index (χ1n) is 18.3. The number of benzene rings is 9. The third-order valence-corrected chi connectivity index (χ3v) is 10.3. The molecule has 1 aromatic heterocycles. The van der Waals surface area contributed by atoms with Crippen LogP contribution in [0.2, 0.25) is 0 Å². The Balaban J connectivity index is 1.08. The van der Waals surface area contributed by atoms with Gasteiger partial charge in [0.25, 0.3) is 0 Å². The molecule has 10 aromatic rings. The fourth-order valence-corrected chi connectivity index (χ4v) is 7.58. The number of rotatable bonds is 7. The first-order chi connectivity index (χ1) is 26.8. The predicted molar refractivity (Wildman–Crippen MR) is 225 cm³/mol. The van der Waals surface area contributed by atoms with E-state index in [2.05, 4.69) is 175 Å². The summed E-state index contributed by atoms with van der Waals surface area (Å²) >= 11 is 0. The number of hydrogen-bond donors (Lipinski definition) is 0. The second-order valence-corrected chi connectivity index (χ2v) is 13.6. The van der Waals surface area contributed by atoms with Crippen LogP contribution in [0.3, 0.4) is 0 Å². The fraction of sp³-hybridized carbons (Fsp3) is 0. The van der Waals surface area contributed by atoms with Gasteiger partial charge in [-0.15, -0.1) is 0 Å². The molecule has 0 atom stereocenters. The van der Waals surface area contributed by atoms with Gasteiger partial charge in [-0.3, -0.25) is 0 Å². The van der Waals surface area contributed by atoms with Gasteiger partial charge in [-0.25, -0.2) is 4.98 Å². The first kappa shape index (κ1) is 31.5. The third kappa shape index (κ3) is 5.69. The Morgan fingerprint density at radius 2 is 0.926 bits per heavy atom. The van der Waals surface area contributed by atoms with Crippen LogP contribution in [0, 0.1) is 0 Å². The zero-order valence-electron chi connectivity index (χ0n) is 29.4. The maximum atomic E-state index is 6.62. The van der Waals surface area contributed by atoms with E-state index in [0.29, 0.717) is 5.89 Å². The van der Waals surface area contributed by atoms with Crippen LogP contribution < -0.4 is 4.90 Å². The fourth-order valence-electron chi connectivity index (χ4n) is 7.58. The Hall–Kier alpha value is -7.23. The number of oxazole rings is 1. The van der Waals surface area contributed by atoms with Crippen molar-refractivity contribution in [3.63, 3.8) is 0 Å². The number of fused-ring (bicyclic) bond motifs is 3. The molecule has 3 heteroatoms. The summed E-state index contributed by atoms with van der Waals surface area (Å²) in [6.45, 7) is 0. The zero-order valence-corrected chi connectivity index (χ0v) is 29.4. The smallest absolute Gasteiger partial charge is 0.227 e. The molecule has 0 saturated heterocycles. The van der Waals surface area contributed by atoms with Crippen molar-refractivity contribution in [2.75, 3.05) is 4.90 Å². The summed E-state index contributed by atoms with van der Waals surface area (Å²) in [6, 6.07) is 72.9. The van der Waals surface area contributed by atoms with Crippen molar-refractivity contribution in [1.29, 1.82) is 0 Å². The minimum absolute atomic E-state index is 0.612. The molecule has 10 rings (SSSR count). The van der Waals surface area contributed by atoms with Gasteiger partial charge in [-0.1, -0.05) is 152 Å². The second-order valence-electron chi connectivity index (χ2n) is 13.6. The first-order valence-corrected chi connectivity index (χ1v) is 18.3. The van der Waals surface area contributed by atoms with Gasteiger partial charge >= 0.3 is 0 Å². The molecule has 0 aliphatic carbocycles. The van der Waals surface area contributed by atoms with E-state index in [0.717, 1.165) is 56.0 Å². The summed E-state index contributed by atoms with van der Waals surface area (Å²) < 4.78 is 6.62. The van der Waals surface area contributed by atoms with Crippen LogP contribution in [0.4, 0.5) is 17.1 Å². The third-order valence-electron chi connectivity index (χ3n) is 10.3. The van der Waals surface area contributed by atoms with E-state index >= 15 is 0 Å². The van der Waals surface area contributed by atoms with Crippen molar-refractivity contribution in [3.05, 3.63) is 206 Å². The molecule has 0 radical (unpaired) electrons. The van der Waals surface area contributed by atoms with Gasteiger partial charge < -0.3 is 9.32 Å². The number of anilines is 3. The van der Waals surface area contributed by atoms with Crippen molar-refractivity contribution in [2.45, 2.75) is 0 Å². The van der Waals surface area contributed by atoms with E-state index in [9.17, 15) is 0 Å². The number of aromatic nitrogens is 1. The lowest BCUT2D eigenvalue weighted by atomic mass is 9.98. The van der Waals surface area contributed by atoms with Crippen LogP contribution in [0.25, 0.3) is 77.5 Å². The number of hydrogen-bond acceptors (Lipinski definition) is 3. The lowest BCUT2D eigenvalue weighted by molar-refractivity contribution is 0.621. The van der Waals surface area contributed by atoms with E-state index in [-0.39, 0.29) is 0 Å². The molecule has 254 valence electrons. The van der Waals surface area contributed by atoms with Gasteiger partial charge in [0.05, 0.1) is 5.69 Å². The van der Waals surface area contributed by atoms with E-state index in [1.165, 1.54) is 32.7 Å². The lowest BCUT2D eigenvalue weighted by Crippen LogP contribution is -2.10. The van der Waals surface area contributed by atoms with E-state index < -0.39 is 0 Å². The van der Waals surface area contributed by atoms with Crippen molar-refractivity contribution >= 4 is 49.7 Å². The summed E-state index contributed by atoms with van der Waals surface area (Å²) in [6.07, 6.45) is 0. The van der Waals surface area contributed by atoms with Crippen molar-refractivity contribution in [2.24, 2.45) is 0 Å². The van der Waals surface area contributed by atoms with Crippen LogP contribution in [0.5, 0.6) is 0 Å². The predicted octanol–water partition coefficient (Wildman–Crippen LogP) is 14.3. The minimum Gasteiger partial charge on any atom is -0.435 e. The van der Waals surface area contributed by atoms with E-state index in [1.54, 1.807) is 0 Å². The monoisotopic (exact) mass is 690 g/mol. The summed E-state index contributed by atoms with van der Waals surface area (Å²) in [5.41, 5.74) is 12.4. The largest absolute Gasteiger partial charge is 0.435 e. The Morgan fingerprint density at radius 3 is 1.67 bits per heavy atom. The Kier molecular flexibility index (Phi) is 7.81. The molecule has 0 aliphatic rings. The highest BCUT2D eigenvalue weighted by Gasteiger charge is 2.20. The average Bonchev–Trinajstić information content (AvgIpc) is 3.71. The molecule has 0 aliphatic heterocycles. The van der Waals surface area contributed by atoms with Crippen molar-refractivity contribution in [3.8, 4) is 44.8 Å². The standard InChI is InChI=1S/C51H34N2O/c1-3-13-38(14-4-1)46-32-33-47(50-49(46)52-51(54-50)40-16-5-2-6-17-40)39-26-30-44(31-27-39)53(48-21-11-19-37-15-9-10-20-45(37)48)43-28-24-36(25-29-43)42-23-22-35-12-7-8-18-41(35)34-42/h1-34H. The molecule has 0 N–H and O–H groups in total. The van der Waals surface area contributed by atoms with Gasteiger partial charge in [0.1, 0.15) is 5.52 Å². The highest BCUT2D eigenvalue weighted by Crippen LogP contribution is 2.42. The SMILES string of the molecule is c1ccc(-c2nc3c(-c4ccccc4)ccc(-c4ccc(N(c5ccc(-c6ccc7ccccc7c6)cc5)c5cccc6ccccc56)cc4)c3o2)cc1. The molecule has 0 amide bonds. The van der Waals surface area contributed by atoms with Crippen LogP contribution >= 0.6 is 0 Å². The van der Waals surface area contributed by atoms with Gasteiger partial charge in [-0.2, -0.15) is 0 Å². The molecule has 0 bridgehead atoms. The zero-order chi connectivity index (χ0) is 35.8. The summed E-state index contributed by atoms with van der Waals surface area (Å²) in [5.74, 6) is 0.612. The highest BCUT2D eigenvalue weighted by atomic mass is 16.3. The Morgan fingerprint density at radius 1 is 0.370 bits per heavy atom. The van der Waals surface area contributed by atoms with Crippen molar-refractivity contribution in [1.82, 2.24) is 4.98 Å². The van der Waals surface area contributed by atoms with Gasteiger partial charge in [0, 0.05) is 33.5 Å². The van der Waals surface area contributed by atoms with Crippen LogP contribution in [0.1, 0.15) is 0 Å². The minimum atomic E-state index is 0.612. The molecule has 54 heavy (non-hydrogen) atoms. The van der Waals surface area contributed by atoms with Crippen molar-refractivity contribution < 1.29 is 4.42 Å². The normalized spacial score (nSPS) is 11.3. The average molecular weight is 691 g/mol. The molecule has 0 spiro atoms. The molecular weight excluding hydrogens is 657 g/mol. The maximum Gasteiger partial charge on any atom is 0.227 e. The molecular formula is C51H34N2O. The lowest BCUT2D eigenvalue weighted by Gasteiger charge is -2.27.